The maximum atomic E-state index is 3.77. The van der Waals surface area contributed by atoms with Crippen molar-refractivity contribution in [3.05, 3.63) is 267 Å². The predicted molar refractivity (Wildman–Crippen MR) is 309 cm³/mol. The summed E-state index contributed by atoms with van der Waals surface area (Å²) in [5.41, 5.74) is 6.22. The molecule has 0 fully saturated rings. The zero-order valence-corrected chi connectivity index (χ0v) is 42.1. The molecule has 0 saturated heterocycles. The highest BCUT2D eigenvalue weighted by Crippen LogP contribution is 2.45. The van der Waals surface area contributed by atoms with E-state index >= 15 is 0 Å². The summed E-state index contributed by atoms with van der Waals surface area (Å²) in [5, 5.41) is 20.6. The average molecular weight is 1080 g/mol. The van der Waals surface area contributed by atoms with Gasteiger partial charge in [-0.1, -0.05) is 242 Å². The lowest BCUT2D eigenvalue weighted by Gasteiger charge is -2.28. The van der Waals surface area contributed by atoms with E-state index in [4.69, 9.17) is 0 Å². The van der Waals surface area contributed by atoms with Crippen LogP contribution in [0.25, 0.3) is 86.2 Å². The molecule has 0 radical (unpaired) electrons. The lowest BCUT2D eigenvalue weighted by Crippen LogP contribution is -2.10. The Labute approximate surface area is 426 Å². The molecule has 14 aromatic carbocycles. The molecule has 0 heterocycles. The second-order valence-electron chi connectivity index (χ2n) is 17.6. The molecular weight excluding hydrogens is 1030 g/mol. The van der Waals surface area contributed by atoms with E-state index in [9.17, 15) is 0 Å². The number of benzene rings is 14. The van der Waals surface area contributed by atoms with Gasteiger partial charge < -0.3 is 4.90 Å². The molecular formula is C65H42Br3N. The minimum absolute atomic E-state index is 1.01. The molecule has 0 bridgehead atoms. The van der Waals surface area contributed by atoms with Crippen LogP contribution in [0.3, 0.4) is 0 Å². The second kappa shape index (κ2) is 18.4. The summed E-state index contributed by atoms with van der Waals surface area (Å²) in [5.74, 6) is 0. The number of hydrogen-bond acceptors (Lipinski definition) is 1. The summed E-state index contributed by atoms with van der Waals surface area (Å²) in [6.07, 6.45) is 1.01. The van der Waals surface area contributed by atoms with Crippen molar-refractivity contribution in [2.75, 3.05) is 4.90 Å². The Morgan fingerprint density at radius 3 is 1.19 bits per heavy atom. The summed E-state index contributed by atoms with van der Waals surface area (Å²) in [6, 6.07) is 87.0. The van der Waals surface area contributed by atoms with E-state index in [2.05, 4.69) is 295 Å². The fourth-order valence-electron chi connectivity index (χ4n) is 10.2. The van der Waals surface area contributed by atoms with Crippen molar-refractivity contribution in [2.24, 2.45) is 0 Å². The molecule has 0 N–H and O–H groups in total. The van der Waals surface area contributed by atoms with Crippen molar-refractivity contribution < 1.29 is 0 Å². The third kappa shape index (κ3) is 8.17. The molecule has 0 aromatic heterocycles. The molecule has 0 atom stereocenters. The summed E-state index contributed by atoms with van der Waals surface area (Å²) in [6.45, 7) is 0. The van der Waals surface area contributed by atoms with Gasteiger partial charge in [0.05, 0.1) is 5.69 Å². The Morgan fingerprint density at radius 2 is 0.652 bits per heavy atom. The molecule has 0 aliphatic rings. The Balaban J connectivity index is 0.000000118. The average Bonchev–Trinajstić information content (AvgIpc) is 3.40. The van der Waals surface area contributed by atoms with Gasteiger partial charge in [0, 0.05) is 30.2 Å². The first kappa shape index (κ1) is 43.2. The second-order valence-corrected chi connectivity index (χ2v) is 20.2. The van der Waals surface area contributed by atoms with Crippen LogP contribution in [0.2, 0.25) is 0 Å². The fourth-order valence-corrected chi connectivity index (χ4v) is 11.6. The lowest BCUT2D eigenvalue weighted by atomic mass is 9.93. The molecule has 0 spiro atoms. The molecule has 1 nitrogen and oxygen atoms in total. The van der Waals surface area contributed by atoms with Crippen LogP contribution in [0.4, 0.5) is 17.1 Å². The summed E-state index contributed by atoms with van der Waals surface area (Å²) < 4.78 is 3.45. The van der Waals surface area contributed by atoms with Gasteiger partial charge in [-0.3, -0.25) is 0 Å². The largest absolute Gasteiger partial charge is 0.310 e. The lowest BCUT2D eigenvalue weighted by molar-refractivity contribution is 1.20. The highest BCUT2D eigenvalue weighted by atomic mass is 79.9. The van der Waals surface area contributed by atoms with Gasteiger partial charge in [0.25, 0.3) is 0 Å². The van der Waals surface area contributed by atoms with Gasteiger partial charge >= 0.3 is 0 Å². The van der Waals surface area contributed by atoms with Crippen molar-refractivity contribution in [1.82, 2.24) is 0 Å². The molecule has 14 aromatic rings. The zero-order chi connectivity index (χ0) is 46.4. The SMILES string of the molecule is Brc1ccc2ccc3c(Br)ccc4ccc1c2c43.Brc1ccc2ccc3c(N(c4ccccc4)c4ccc5ccccc5c4)ccc4ccc1c2c43.c1ccc(Cc2ccc3ccccc3c2)cc1. The van der Waals surface area contributed by atoms with Crippen LogP contribution >= 0.6 is 47.8 Å². The van der Waals surface area contributed by atoms with Crippen molar-refractivity contribution in [3.8, 4) is 0 Å². The highest BCUT2D eigenvalue weighted by Gasteiger charge is 2.19. The van der Waals surface area contributed by atoms with Gasteiger partial charge in [-0.05, 0) is 147 Å². The van der Waals surface area contributed by atoms with E-state index in [0.717, 1.165) is 31.2 Å². The van der Waals surface area contributed by atoms with Gasteiger partial charge in [0.2, 0.25) is 0 Å². The molecule has 0 unspecified atom stereocenters. The number of fused-ring (bicyclic) bond motifs is 2. The van der Waals surface area contributed by atoms with Gasteiger partial charge in [0.15, 0.2) is 0 Å². The van der Waals surface area contributed by atoms with Gasteiger partial charge in [-0.25, -0.2) is 0 Å². The normalized spacial score (nSPS) is 11.5. The van der Waals surface area contributed by atoms with E-state index in [1.807, 2.05) is 0 Å². The summed E-state index contributed by atoms with van der Waals surface area (Å²) in [7, 11) is 0. The van der Waals surface area contributed by atoms with Crippen LogP contribution in [0.5, 0.6) is 0 Å². The maximum Gasteiger partial charge on any atom is 0.0540 e. The molecule has 0 amide bonds. The van der Waals surface area contributed by atoms with E-state index < -0.39 is 0 Å². The third-order valence-electron chi connectivity index (χ3n) is 13.5. The van der Waals surface area contributed by atoms with Crippen molar-refractivity contribution in [3.63, 3.8) is 0 Å². The monoisotopic (exact) mass is 1070 g/mol. The number of para-hydroxylation sites is 1. The minimum Gasteiger partial charge on any atom is -0.310 e. The summed E-state index contributed by atoms with van der Waals surface area (Å²) >= 11 is 11.1. The van der Waals surface area contributed by atoms with Crippen molar-refractivity contribution in [2.45, 2.75) is 6.42 Å². The van der Waals surface area contributed by atoms with Crippen LogP contribution in [-0.2, 0) is 6.42 Å². The standard InChI is InChI=1S/C32H20BrN.C17H14.C16H8Br2/c33-29-18-13-22-12-17-28-30(19-14-23-11-16-27(29)31(22)32(23)28)34(25-8-2-1-3-9-25)26-15-10-21-6-4-5-7-24(21)20-26;1-2-6-14(7-3-1)12-15-10-11-16-8-4-5-9-17(16)13-15;17-13-8-4-10-2-6-12-14(18)7-3-9-1-5-11(13)16(10)15(9)12/h1-20H;1-11,13H,12H2;1-8H. The number of anilines is 3. The van der Waals surface area contributed by atoms with Crippen LogP contribution in [0.1, 0.15) is 11.1 Å². The smallest absolute Gasteiger partial charge is 0.0540 e. The van der Waals surface area contributed by atoms with Crippen molar-refractivity contribution in [1.29, 1.82) is 0 Å². The number of hydrogen-bond donors (Lipinski definition) is 0. The molecule has 328 valence electrons. The van der Waals surface area contributed by atoms with Gasteiger partial charge in [-0.2, -0.15) is 0 Å². The van der Waals surface area contributed by atoms with E-state index in [-0.39, 0.29) is 0 Å². The van der Waals surface area contributed by atoms with Crippen LogP contribution in [-0.4, -0.2) is 0 Å². The molecule has 0 aliphatic carbocycles. The first-order valence-electron chi connectivity index (χ1n) is 23.2. The Hall–Kier alpha value is -7.08. The zero-order valence-electron chi connectivity index (χ0n) is 37.4. The van der Waals surface area contributed by atoms with E-state index in [1.54, 1.807) is 0 Å². The number of rotatable bonds is 5. The first-order valence-corrected chi connectivity index (χ1v) is 25.6. The predicted octanol–water partition coefficient (Wildman–Crippen LogP) is 20.5. The molecule has 69 heavy (non-hydrogen) atoms. The fraction of sp³-hybridized carbons (Fsp3) is 0.0154. The van der Waals surface area contributed by atoms with Crippen LogP contribution in [0, 0.1) is 0 Å². The number of nitrogens with zero attached hydrogens (tertiary/aromatic N) is 1. The summed E-state index contributed by atoms with van der Waals surface area (Å²) in [4.78, 5) is 2.38. The van der Waals surface area contributed by atoms with Crippen LogP contribution < -0.4 is 4.90 Å². The highest BCUT2D eigenvalue weighted by molar-refractivity contribution is 9.11. The topological polar surface area (TPSA) is 3.24 Å². The molecule has 14 rings (SSSR count). The number of halogens is 3. The minimum atomic E-state index is 1.01. The van der Waals surface area contributed by atoms with Crippen LogP contribution in [0.15, 0.2) is 256 Å². The van der Waals surface area contributed by atoms with E-state index in [1.165, 1.54) is 103 Å². The first-order chi connectivity index (χ1) is 33.9. The Morgan fingerprint density at radius 1 is 0.261 bits per heavy atom. The molecule has 0 aliphatic heterocycles. The Kier molecular flexibility index (Phi) is 11.5. The van der Waals surface area contributed by atoms with E-state index in [0.29, 0.717) is 0 Å². The quantitative estimate of drug-likeness (QED) is 0.155. The van der Waals surface area contributed by atoms with Gasteiger partial charge in [0.1, 0.15) is 0 Å². The third-order valence-corrected chi connectivity index (χ3v) is 15.5. The Bertz CT molecular complexity index is 4070. The maximum absolute atomic E-state index is 3.77. The van der Waals surface area contributed by atoms with Crippen molar-refractivity contribution >= 4 is 151 Å². The molecule has 4 heteroatoms. The molecule has 0 saturated carbocycles. The van der Waals surface area contributed by atoms with Gasteiger partial charge in [-0.15, -0.1) is 0 Å².